The molecule has 0 aliphatic heterocycles. The van der Waals surface area contributed by atoms with Crippen LogP contribution in [0.25, 0.3) is 0 Å². The molecule has 0 spiro atoms. The Labute approximate surface area is 363 Å². The van der Waals surface area contributed by atoms with E-state index in [4.69, 9.17) is 0 Å². The fourth-order valence-electron chi connectivity index (χ4n) is 9.25. The van der Waals surface area contributed by atoms with Crippen molar-refractivity contribution in [2.24, 2.45) is 0 Å². The summed E-state index contributed by atoms with van der Waals surface area (Å²) in [7, 11) is 0. The largest absolute Gasteiger partial charge is 0.481 e. The van der Waals surface area contributed by atoms with Crippen LogP contribution < -0.4 is 0 Å². The zero-order chi connectivity index (χ0) is 42.5. The maximum atomic E-state index is 13.3. The number of carboxylic acids is 2. The van der Waals surface area contributed by atoms with E-state index in [9.17, 15) is 19.8 Å². The molecule has 0 bridgehead atoms. The number of nitrogens with zero attached hydrogens (tertiary/aromatic N) is 1. The molecule has 1 atom stereocenters. The molecule has 5 heteroatoms. The van der Waals surface area contributed by atoms with E-state index < -0.39 is 17.5 Å². The summed E-state index contributed by atoms with van der Waals surface area (Å²) in [5.74, 6) is -1.67. The lowest BCUT2D eigenvalue weighted by atomic mass is 9.84. The highest BCUT2D eigenvalue weighted by atomic mass is 16.4. The Kier molecular flexibility index (Phi) is 44.6. The van der Waals surface area contributed by atoms with Gasteiger partial charge in [0.15, 0.2) is 0 Å². The van der Waals surface area contributed by atoms with E-state index in [1.807, 2.05) is 0 Å². The summed E-state index contributed by atoms with van der Waals surface area (Å²) in [6, 6.07) is 0. The monoisotopic (exact) mass is 820 g/mol. The van der Waals surface area contributed by atoms with Gasteiger partial charge in [0, 0.05) is 6.42 Å². The van der Waals surface area contributed by atoms with Gasteiger partial charge in [-0.15, -0.1) is 0 Å². The second kappa shape index (κ2) is 45.4. The van der Waals surface area contributed by atoms with Crippen LogP contribution in [-0.4, -0.2) is 45.7 Å². The number of carbonyl (C=O) groups is 2. The number of carboxylic acid groups (broad SMARTS) is 2. The number of aliphatic carboxylic acids is 2. The SMILES string of the molecule is CCCCCCCCCCCCCCCCCCN(CCCCCCCCCCCC)[C@@](CCCCCCCCCCCCCCCCCC)(CCC(=O)O)C(=O)O. The molecule has 0 aromatic rings. The molecule has 0 unspecified atom stereocenters. The van der Waals surface area contributed by atoms with Gasteiger partial charge in [-0.3, -0.25) is 14.5 Å². The van der Waals surface area contributed by atoms with Gasteiger partial charge in [-0.05, 0) is 38.8 Å². The van der Waals surface area contributed by atoms with Gasteiger partial charge >= 0.3 is 11.9 Å². The van der Waals surface area contributed by atoms with Gasteiger partial charge in [0.25, 0.3) is 0 Å². The summed E-state index contributed by atoms with van der Waals surface area (Å²) in [4.78, 5) is 27.4. The standard InChI is InChI=1S/C53H105NO4/c1-4-7-10-13-16-19-22-24-26-28-30-32-34-37-40-43-47-53(52(57)58,48-46-51(55)56)54(49-44-41-38-35-21-18-15-12-9-6-3)50-45-42-39-36-33-31-29-27-25-23-20-17-14-11-8-5-2/h4-50H2,1-3H3,(H,55,56)(H,57,58)/t53-/m0/s1. The number of unbranched alkanes of at least 4 members (excludes halogenated alkanes) is 39. The first-order valence-corrected chi connectivity index (χ1v) is 26.6. The van der Waals surface area contributed by atoms with Gasteiger partial charge in [-0.2, -0.15) is 0 Å². The third-order valence-electron chi connectivity index (χ3n) is 13.3. The zero-order valence-corrected chi connectivity index (χ0v) is 39.9. The van der Waals surface area contributed by atoms with Crippen molar-refractivity contribution >= 4 is 11.9 Å². The van der Waals surface area contributed by atoms with Crippen molar-refractivity contribution in [3.63, 3.8) is 0 Å². The highest BCUT2D eigenvalue weighted by Gasteiger charge is 2.43. The first-order valence-electron chi connectivity index (χ1n) is 26.6. The molecule has 0 aliphatic carbocycles. The zero-order valence-electron chi connectivity index (χ0n) is 39.9. The van der Waals surface area contributed by atoms with Gasteiger partial charge in [0.1, 0.15) is 5.54 Å². The van der Waals surface area contributed by atoms with E-state index in [0.29, 0.717) is 6.42 Å². The van der Waals surface area contributed by atoms with Crippen LogP contribution in [0.4, 0.5) is 0 Å². The first kappa shape index (κ1) is 56.9. The molecule has 0 saturated carbocycles. The Morgan fingerprint density at radius 2 is 0.552 bits per heavy atom. The lowest BCUT2D eigenvalue weighted by Crippen LogP contribution is -2.55. The average Bonchev–Trinajstić information content (AvgIpc) is 3.21. The van der Waals surface area contributed by atoms with Crippen LogP contribution in [0.5, 0.6) is 0 Å². The lowest BCUT2D eigenvalue weighted by molar-refractivity contribution is -0.154. The third-order valence-corrected chi connectivity index (χ3v) is 13.3. The van der Waals surface area contributed by atoms with Gasteiger partial charge in [0.2, 0.25) is 0 Å². The number of hydrogen-bond acceptors (Lipinski definition) is 3. The number of hydrogen-bond donors (Lipinski definition) is 2. The van der Waals surface area contributed by atoms with E-state index in [1.165, 1.54) is 225 Å². The molecule has 5 nitrogen and oxygen atoms in total. The first-order chi connectivity index (χ1) is 28.4. The highest BCUT2D eigenvalue weighted by molar-refractivity contribution is 5.80. The molecule has 0 aliphatic rings. The molecule has 58 heavy (non-hydrogen) atoms. The smallest absolute Gasteiger partial charge is 0.324 e. The van der Waals surface area contributed by atoms with E-state index in [2.05, 4.69) is 25.7 Å². The van der Waals surface area contributed by atoms with E-state index in [1.54, 1.807) is 0 Å². The Hall–Kier alpha value is -1.10. The maximum absolute atomic E-state index is 13.3. The predicted octanol–water partition coefficient (Wildman–Crippen LogP) is 17.8. The topological polar surface area (TPSA) is 77.8 Å². The molecule has 0 aromatic carbocycles. The summed E-state index contributed by atoms with van der Waals surface area (Å²) in [5, 5.41) is 20.6. The fourth-order valence-corrected chi connectivity index (χ4v) is 9.25. The molecule has 0 saturated heterocycles. The third kappa shape index (κ3) is 36.7. The van der Waals surface area contributed by atoms with Crippen LogP contribution in [-0.2, 0) is 9.59 Å². The summed E-state index contributed by atoms with van der Waals surface area (Å²) < 4.78 is 0. The van der Waals surface area contributed by atoms with E-state index >= 15 is 0 Å². The molecule has 0 aromatic heterocycles. The van der Waals surface area contributed by atoms with Crippen LogP contribution in [0, 0.1) is 0 Å². The van der Waals surface area contributed by atoms with Crippen LogP contribution >= 0.6 is 0 Å². The van der Waals surface area contributed by atoms with Crippen LogP contribution in [0.15, 0.2) is 0 Å². The molecule has 0 fully saturated rings. The van der Waals surface area contributed by atoms with Gasteiger partial charge in [-0.25, -0.2) is 0 Å². The van der Waals surface area contributed by atoms with Crippen molar-refractivity contribution in [3.05, 3.63) is 0 Å². The van der Waals surface area contributed by atoms with Crippen molar-refractivity contribution in [2.45, 2.75) is 315 Å². The fraction of sp³-hybridized carbons (Fsp3) is 0.962. The van der Waals surface area contributed by atoms with Crippen LogP contribution in [0.2, 0.25) is 0 Å². The Bertz CT molecular complexity index is 848. The van der Waals surface area contributed by atoms with Crippen LogP contribution in [0.3, 0.4) is 0 Å². The van der Waals surface area contributed by atoms with Crippen molar-refractivity contribution in [2.75, 3.05) is 13.1 Å². The average molecular weight is 820 g/mol. The lowest BCUT2D eigenvalue weighted by Gasteiger charge is -2.41. The Morgan fingerprint density at radius 3 is 0.776 bits per heavy atom. The normalized spacial score (nSPS) is 12.8. The van der Waals surface area contributed by atoms with Gasteiger partial charge in [0.05, 0.1) is 0 Å². The predicted molar refractivity (Wildman–Crippen MR) is 254 cm³/mol. The van der Waals surface area contributed by atoms with Crippen molar-refractivity contribution in [1.82, 2.24) is 4.90 Å². The second-order valence-corrected chi connectivity index (χ2v) is 18.8. The van der Waals surface area contributed by atoms with Gasteiger partial charge < -0.3 is 10.2 Å². The van der Waals surface area contributed by atoms with Crippen LogP contribution in [0.1, 0.15) is 310 Å². The molecule has 346 valence electrons. The Morgan fingerprint density at radius 1 is 0.328 bits per heavy atom. The molecule has 0 radical (unpaired) electrons. The van der Waals surface area contributed by atoms with E-state index in [0.717, 1.165) is 58.0 Å². The summed E-state index contributed by atoms with van der Waals surface area (Å²) in [5.41, 5.74) is -1.07. The van der Waals surface area contributed by atoms with Crippen molar-refractivity contribution < 1.29 is 19.8 Å². The summed E-state index contributed by atoms with van der Waals surface area (Å²) in [6.07, 6.45) is 55.4. The van der Waals surface area contributed by atoms with Gasteiger partial charge in [-0.1, -0.05) is 278 Å². The molecule has 0 heterocycles. The molecular formula is C53H105NO4. The molecule has 0 rings (SSSR count). The second-order valence-electron chi connectivity index (χ2n) is 18.8. The molecular weight excluding hydrogens is 715 g/mol. The summed E-state index contributed by atoms with van der Waals surface area (Å²) >= 11 is 0. The molecule has 0 amide bonds. The number of rotatable bonds is 50. The van der Waals surface area contributed by atoms with Crippen molar-refractivity contribution in [3.8, 4) is 0 Å². The van der Waals surface area contributed by atoms with E-state index in [-0.39, 0.29) is 12.8 Å². The maximum Gasteiger partial charge on any atom is 0.324 e. The Balaban J connectivity index is 4.84. The minimum absolute atomic E-state index is 0.0708. The minimum Gasteiger partial charge on any atom is -0.481 e. The molecule has 2 N–H and O–H groups in total. The minimum atomic E-state index is -1.07. The summed E-state index contributed by atoms with van der Waals surface area (Å²) in [6.45, 7) is 8.40. The quantitative estimate of drug-likeness (QED) is 0.0598. The highest BCUT2D eigenvalue weighted by Crippen LogP contribution is 2.31. The van der Waals surface area contributed by atoms with Crippen molar-refractivity contribution in [1.29, 1.82) is 0 Å².